The van der Waals surface area contributed by atoms with E-state index < -0.39 is 5.97 Å². The summed E-state index contributed by atoms with van der Waals surface area (Å²) in [5.41, 5.74) is 0.390. The normalized spacial score (nSPS) is 22.2. The van der Waals surface area contributed by atoms with Crippen LogP contribution in [0.25, 0.3) is 0 Å². The first-order chi connectivity index (χ1) is 9.86. The number of nitrogens with zero attached hydrogens (tertiary/aromatic N) is 1. The van der Waals surface area contributed by atoms with Crippen molar-refractivity contribution in [3.63, 3.8) is 0 Å². The molecule has 1 aromatic rings. The predicted octanol–water partition coefficient (Wildman–Crippen LogP) is 2.56. The van der Waals surface area contributed by atoms with Crippen LogP contribution in [0.4, 0.5) is 0 Å². The second-order valence-electron chi connectivity index (χ2n) is 6.15. The molecule has 1 aliphatic heterocycles. The molecule has 1 amide bonds. The highest BCUT2D eigenvalue weighted by Crippen LogP contribution is 2.21. The van der Waals surface area contributed by atoms with E-state index in [0.29, 0.717) is 28.9 Å². The fourth-order valence-corrected chi connectivity index (χ4v) is 3.00. The van der Waals surface area contributed by atoms with Crippen molar-refractivity contribution in [3.05, 3.63) is 23.2 Å². The molecule has 1 saturated heterocycles. The molecule has 2 atom stereocenters. The number of ether oxygens (including phenoxy) is 1. The van der Waals surface area contributed by atoms with Gasteiger partial charge in [0.25, 0.3) is 5.91 Å². The quantitative estimate of drug-likeness (QED) is 0.804. The first-order valence-electron chi connectivity index (χ1n) is 7.38. The molecule has 1 fully saturated rings. The molecule has 1 aliphatic rings. The lowest BCUT2D eigenvalue weighted by molar-refractivity contribution is -0.137. The number of piperidine rings is 1. The topological polar surface area (TPSA) is 59.8 Å². The lowest BCUT2D eigenvalue weighted by Crippen LogP contribution is -2.44. The molecule has 0 bridgehead atoms. The number of esters is 1. The standard InChI is InChI=1S/C16H23NO4/c1-10-5-11(2)8-17(7-10)15(18)9-20-16(19)14-6-12(3)21-13(14)4/h6,10-11H,5,7-9H2,1-4H3/t10-,11-/m1/s1. The van der Waals surface area contributed by atoms with E-state index in [4.69, 9.17) is 9.15 Å². The number of aryl methyl sites for hydroxylation is 2. The third kappa shape index (κ3) is 3.86. The average molecular weight is 293 g/mol. The number of hydrogen-bond donors (Lipinski definition) is 0. The molecule has 1 aromatic heterocycles. The van der Waals surface area contributed by atoms with Gasteiger partial charge in [0, 0.05) is 13.1 Å². The van der Waals surface area contributed by atoms with Gasteiger partial charge >= 0.3 is 5.97 Å². The molecule has 0 saturated carbocycles. The van der Waals surface area contributed by atoms with E-state index in [-0.39, 0.29) is 12.5 Å². The highest BCUT2D eigenvalue weighted by Gasteiger charge is 2.26. The van der Waals surface area contributed by atoms with Crippen molar-refractivity contribution in [1.29, 1.82) is 0 Å². The summed E-state index contributed by atoms with van der Waals surface area (Å²) in [7, 11) is 0. The molecule has 2 heterocycles. The van der Waals surface area contributed by atoms with Gasteiger partial charge in [0.05, 0.1) is 0 Å². The Morgan fingerprint density at radius 2 is 1.90 bits per heavy atom. The zero-order chi connectivity index (χ0) is 15.6. The number of furan rings is 1. The third-order valence-corrected chi connectivity index (χ3v) is 3.81. The molecule has 5 nitrogen and oxygen atoms in total. The molecule has 0 unspecified atom stereocenters. The van der Waals surface area contributed by atoms with Gasteiger partial charge in [-0.1, -0.05) is 13.8 Å². The van der Waals surface area contributed by atoms with Crippen molar-refractivity contribution in [2.75, 3.05) is 19.7 Å². The van der Waals surface area contributed by atoms with Crippen molar-refractivity contribution >= 4 is 11.9 Å². The fourth-order valence-electron chi connectivity index (χ4n) is 3.00. The van der Waals surface area contributed by atoms with Crippen LogP contribution in [0.2, 0.25) is 0 Å². The molecule has 0 radical (unpaired) electrons. The van der Waals surface area contributed by atoms with Crippen LogP contribution in [0.1, 0.15) is 42.1 Å². The van der Waals surface area contributed by atoms with Gasteiger partial charge in [-0.3, -0.25) is 4.79 Å². The maximum Gasteiger partial charge on any atom is 0.342 e. The fraction of sp³-hybridized carbons (Fsp3) is 0.625. The largest absolute Gasteiger partial charge is 0.466 e. The van der Waals surface area contributed by atoms with Gasteiger partial charge in [-0.25, -0.2) is 4.79 Å². The summed E-state index contributed by atoms with van der Waals surface area (Å²) in [4.78, 5) is 25.9. The molecular weight excluding hydrogens is 270 g/mol. The molecule has 5 heteroatoms. The Morgan fingerprint density at radius 1 is 1.29 bits per heavy atom. The number of carbonyl (C=O) groups is 2. The minimum atomic E-state index is -0.504. The van der Waals surface area contributed by atoms with Crippen LogP contribution in [-0.2, 0) is 9.53 Å². The van der Waals surface area contributed by atoms with E-state index >= 15 is 0 Å². The van der Waals surface area contributed by atoms with Crippen LogP contribution in [0, 0.1) is 25.7 Å². The zero-order valence-corrected chi connectivity index (χ0v) is 13.1. The van der Waals surface area contributed by atoms with Gasteiger partial charge in [0.1, 0.15) is 17.1 Å². The highest BCUT2D eigenvalue weighted by atomic mass is 16.5. The van der Waals surface area contributed by atoms with Crippen LogP contribution in [0.5, 0.6) is 0 Å². The van der Waals surface area contributed by atoms with Gasteiger partial charge < -0.3 is 14.1 Å². The van der Waals surface area contributed by atoms with E-state index in [2.05, 4.69) is 13.8 Å². The van der Waals surface area contributed by atoms with Crippen LogP contribution in [0.3, 0.4) is 0 Å². The lowest BCUT2D eigenvalue weighted by atomic mass is 9.92. The summed E-state index contributed by atoms with van der Waals surface area (Å²) < 4.78 is 10.4. The molecule has 21 heavy (non-hydrogen) atoms. The van der Waals surface area contributed by atoms with Gasteiger partial charge in [0.15, 0.2) is 6.61 Å². The Labute approximate surface area is 125 Å². The minimum absolute atomic E-state index is 0.125. The van der Waals surface area contributed by atoms with Crippen molar-refractivity contribution in [2.24, 2.45) is 11.8 Å². The molecule has 0 aromatic carbocycles. The maximum atomic E-state index is 12.1. The molecule has 0 aliphatic carbocycles. The first-order valence-corrected chi connectivity index (χ1v) is 7.38. The van der Waals surface area contributed by atoms with Crippen molar-refractivity contribution < 1.29 is 18.7 Å². The maximum absolute atomic E-state index is 12.1. The lowest BCUT2D eigenvalue weighted by Gasteiger charge is -2.34. The second-order valence-corrected chi connectivity index (χ2v) is 6.15. The zero-order valence-electron chi connectivity index (χ0n) is 13.1. The summed E-state index contributed by atoms with van der Waals surface area (Å²) in [5, 5.41) is 0. The average Bonchev–Trinajstić information content (AvgIpc) is 2.73. The monoisotopic (exact) mass is 293 g/mol. The van der Waals surface area contributed by atoms with Crippen LogP contribution < -0.4 is 0 Å². The van der Waals surface area contributed by atoms with E-state index in [1.807, 2.05) is 0 Å². The second kappa shape index (κ2) is 6.33. The summed E-state index contributed by atoms with van der Waals surface area (Å²) in [6.07, 6.45) is 1.14. The Kier molecular flexibility index (Phi) is 4.70. The number of amides is 1. The third-order valence-electron chi connectivity index (χ3n) is 3.81. The van der Waals surface area contributed by atoms with Gasteiger partial charge in [0.2, 0.25) is 0 Å². The molecule has 116 valence electrons. The Balaban J connectivity index is 1.89. The van der Waals surface area contributed by atoms with E-state index in [9.17, 15) is 9.59 Å². The minimum Gasteiger partial charge on any atom is -0.466 e. The Bertz CT molecular complexity index is 524. The molecule has 0 spiro atoms. The van der Waals surface area contributed by atoms with E-state index in [0.717, 1.165) is 19.5 Å². The van der Waals surface area contributed by atoms with Crippen LogP contribution in [-0.4, -0.2) is 36.5 Å². The van der Waals surface area contributed by atoms with Gasteiger partial charge in [-0.15, -0.1) is 0 Å². The van der Waals surface area contributed by atoms with Gasteiger partial charge in [-0.05, 0) is 38.2 Å². The van der Waals surface area contributed by atoms with Crippen LogP contribution in [0.15, 0.2) is 10.5 Å². The van der Waals surface area contributed by atoms with Crippen molar-refractivity contribution in [2.45, 2.75) is 34.1 Å². The SMILES string of the molecule is Cc1cc(C(=O)OCC(=O)N2C[C@H](C)C[C@@H](C)C2)c(C)o1. The summed E-state index contributed by atoms with van der Waals surface area (Å²) in [5.74, 6) is 1.53. The highest BCUT2D eigenvalue weighted by molar-refractivity contribution is 5.92. The number of hydrogen-bond acceptors (Lipinski definition) is 4. The molecule has 0 N–H and O–H groups in total. The molecular formula is C16H23NO4. The molecule has 2 rings (SSSR count). The first kappa shape index (κ1) is 15.6. The van der Waals surface area contributed by atoms with Gasteiger partial charge in [-0.2, -0.15) is 0 Å². The van der Waals surface area contributed by atoms with E-state index in [1.165, 1.54) is 0 Å². The van der Waals surface area contributed by atoms with Crippen molar-refractivity contribution in [3.8, 4) is 0 Å². The van der Waals surface area contributed by atoms with Crippen LogP contribution >= 0.6 is 0 Å². The summed E-state index contributed by atoms with van der Waals surface area (Å²) in [6.45, 7) is 9.03. The summed E-state index contributed by atoms with van der Waals surface area (Å²) in [6, 6.07) is 1.63. The Hall–Kier alpha value is -1.78. The Morgan fingerprint density at radius 3 is 2.43 bits per heavy atom. The van der Waals surface area contributed by atoms with Crippen molar-refractivity contribution in [1.82, 2.24) is 4.90 Å². The number of carbonyl (C=O) groups excluding carboxylic acids is 2. The van der Waals surface area contributed by atoms with E-state index in [1.54, 1.807) is 24.8 Å². The predicted molar refractivity (Wildman–Crippen MR) is 78.0 cm³/mol. The number of rotatable bonds is 3. The summed E-state index contributed by atoms with van der Waals surface area (Å²) >= 11 is 0. The number of likely N-dealkylation sites (tertiary alicyclic amines) is 1. The smallest absolute Gasteiger partial charge is 0.342 e.